The van der Waals surface area contributed by atoms with Crippen molar-refractivity contribution in [3.8, 4) is 0 Å². The van der Waals surface area contributed by atoms with Gasteiger partial charge in [-0.3, -0.25) is 14.9 Å². The Balaban J connectivity index is 1.39. The van der Waals surface area contributed by atoms with Gasteiger partial charge in [-0.1, -0.05) is 36.0 Å². The van der Waals surface area contributed by atoms with Gasteiger partial charge in [0.2, 0.25) is 0 Å². The fraction of sp³-hybridized carbons (Fsp3) is 0.111. The lowest BCUT2D eigenvalue weighted by atomic mass is 10.3. The average molecular weight is 403 g/mol. The molecular formula is C18H14FN3O5S. The summed E-state index contributed by atoms with van der Waals surface area (Å²) in [6, 6.07) is 11.7. The van der Waals surface area contributed by atoms with E-state index < -0.39 is 30.3 Å². The number of oxazole rings is 1. The SMILES string of the molecule is O=C(COC(=O)CSc1nc2ccccc2o1)NC(=O)Nc1ccccc1F. The number of rotatable bonds is 6. The second-order valence-electron chi connectivity index (χ2n) is 5.38. The summed E-state index contributed by atoms with van der Waals surface area (Å²) in [7, 11) is 0. The Kier molecular flexibility index (Phi) is 6.22. The van der Waals surface area contributed by atoms with E-state index in [2.05, 4.69) is 10.3 Å². The fourth-order valence-corrected chi connectivity index (χ4v) is 2.74. The van der Waals surface area contributed by atoms with Gasteiger partial charge >= 0.3 is 12.0 Å². The van der Waals surface area contributed by atoms with Crippen LogP contribution in [0, 0.1) is 5.82 Å². The number of benzene rings is 2. The normalized spacial score (nSPS) is 10.5. The molecule has 0 atom stereocenters. The van der Waals surface area contributed by atoms with Gasteiger partial charge in [-0.05, 0) is 24.3 Å². The molecule has 0 spiro atoms. The number of carbonyl (C=O) groups excluding carboxylic acids is 3. The highest BCUT2D eigenvalue weighted by molar-refractivity contribution is 7.99. The molecule has 10 heteroatoms. The number of esters is 1. The number of thioether (sulfide) groups is 1. The van der Waals surface area contributed by atoms with Crippen molar-refractivity contribution >= 4 is 46.5 Å². The van der Waals surface area contributed by atoms with Crippen LogP contribution >= 0.6 is 11.8 Å². The molecule has 0 aliphatic heterocycles. The van der Waals surface area contributed by atoms with E-state index in [0.717, 1.165) is 17.8 Å². The first-order valence-electron chi connectivity index (χ1n) is 8.00. The van der Waals surface area contributed by atoms with E-state index in [0.29, 0.717) is 16.3 Å². The largest absolute Gasteiger partial charge is 0.455 e. The number of anilines is 1. The van der Waals surface area contributed by atoms with Gasteiger partial charge in [-0.25, -0.2) is 14.2 Å². The summed E-state index contributed by atoms with van der Waals surface area (Å²) in [4.78, 5) is 39.2. The molecule has 3 amide bonds. The standard InChI is InChI=1S/C18H14FN3O5S/c19-11-5-1-2-6-12(11)20-17(25)22-15(23)9-26-16(24)10-28-18-21-13-7-3-4-8-14(13)27-18/h1-8H,9-10H2,(H2,20,22,23,25). The Morgan fingerprint density at radius 3 is 2.64 bits per heavy atom. The zero-order valence-electron chi connectivity index (χ0n) is 14.3. The van der Waals surface area contributed by atoms with E-state index in [1.807, 2.05) is 11.4 Å². The van der Waals surface area contributed by atoms with Gasteiger partial charge in [0.05, 0.1) is 5.69 Å². The van der Waals surface area contributed by atoms with Crippen LogP contribution in [0.5, 0.6) is 0 Å². The van der Waals surface area contributed by atoms with Crippen LogP contribution in [0.3, 0.4) is 0 Å². The summed E-state index contributed by atoms with van der Waals surface area (Å²) in [6.45, 7) is -0.655. The van der Waals surface area contributed by atoms with Gasteiger partial charge in [0.25, 0.3) is 11.1 Å². The number of ether oxygens (including phenoxy) is 1. The number of nitrogens with one attached hydrogen (secondary N) is 2. The summed E-state index contributed by atoms with van der Waals surface area (Å²) in [6.07, 6.45) is 0. The highest BCUT2D eigenvalue weighted by atomic mass is 32.2. The van der Waals surface area contributed by atoms with Gasteiger partial charge < -0.3 is 14.5 Å². The molecule has 2 aromatic carbocycles. The quantitative estimate of drug-likeness (QED) is 0.481. The molecule has 8 nitrogen and oxygen atoms in total. The number of aromatic nitrogens is 1. The van der Waals surface area contributed by atoms with E-state index in [9.17, 15) is 18.8 Å². The Labute approximate surface area is 162 Å². The van der Waals surface area contributed by atoms with Crippen LogP contribution in [0.15, 0.2) is 58.2 Å². The maximum absolute atomic E-state index is 13.4. The maximum Gasteiger partial charge on any atom is 0.326 e. The molecule has 0 fully saturated rings. The van der Waals surface area contributed by atoms with Gasteiger partial charge in [-0.2, -0.15) is 0 Å². The van der Waals surface area contributed by atoms with Crippen molar-refractivity contribution in [2.45, 2.75) is 5.22 Å². The van der Waals surface area contributed by atoms with Gasteiger partial charge in [-0.15, -0.1) is 0 Å². The number of carbonyl (C=O) groups is 3. The fourth-order valence-electron chi connectivity index (χ4n) is 2.10. The number of amides is 3. The predicted octanol–water partition coefficient (Wildman–Crippen LogP) is 2.95. The minimum Gasteiger partial charge on any atom is -0.455 e. The van der Waals surface area contributed by atoms with E-state index in [1.54, 1.807) is 18.2 Å². The van der Waals surface area contributed by atoms with Crippen molar-refractivity contribution in [2.24, 2.45) is 0 Å². The number of halogens is 1. The lowest BCUT2D eigenvalue weighted by Gasteiger charge is -2.07. The molecule has 3 rings (SSSR count). The lowest BCUT2D eigenvalue weighted by Crippen LogP contribution is -2.37. The monoisotopic (exact) mass is 403 g/mol. The number of para-hydroxylation sites is 3. The number of urea groups is 1. The Hall–Kier alpha value is -3.40. The zero-order chi connectivity index (χ0) is 19.9. The maximum atomic E-state index is 13.4. The second-order valence-corrected chi connectivity index (χ2v) is 6.31. The Bertz CT molecular complexity index is 990. The molecule has 2 N–H and O–H groups in total. The molecule has 1 heterocycles. The number of hydrogen-bond donors (Lipinski definition) is 2. The highest BCUT2D eigenvalue weighted by Crippen LogP contribution is 2.23. The molecule has 0 saturated carbocycles. The molecule has 0 radical (unpaired) electrons. The Morgan fingerprint density at radius 1 is 1.11 bits per heavy atom. The first kappa shape index (κ1) is 19.4. The molecule has 0 saturated heterocycles. The summed E-state index contributed by atoms with van der Waals surface area (Å²) in [5.41, 5.74) is 1.18. The van der Waals surface area contributed by atoms with Gasteiger partial charge in [0.15, 0.2) is 12.2 Å². The first-order chi connectivity index (χ1) is 13.5. The molecule has 0 bridgehead atoms. The molecule has 0 unspecified atom stereocenters. The average Bonchev–Trinajstić information content (AvgIpc) is 3.09. The van der Waals surface area contributed by atoms with E-state index in [4.69, 9.17) is 9.15 Å². The first-order valence-corrected chi connectivity index (χ1v) is 8.99. The van der Waals surface area contributed by atoms with Crippen molar-refractivity contribution in [1.29, 1.82) is 0 Å². The smallest absolute Gasteiger partial charge is 0.326 e. The summed E-state index contributed by atoms with van der Waals surface area (Å²) in [5.74, 6) is -2.31. The van der Waals surface area contributed by atoms with Crippen LogP contribution in [0.1, 0.15) is 0 Å². The van der Waals surface area contributed by atoms with Gasteiger partial charge in [0.1, 0.15) is 17.1 Å². The third-order valence-corrected chi connectivity index (χ3v) is 4.13. The Morgan fingerprint density at radius 2 is 1.86 bits per heavy atom. The summed E-state index contributed by atoms with van der Waals surface area (Å²) >= 11 is 1.02. The van der Waals surface area contributed by atoms with Crippen LogP contribution < -0.4 is 10.6 Å². The number of imide groups is 1. The second kappa shape index (κ2) is 9.00. The zero-order valence-corrected chi connectivity index (χ0v) is 15.1. The van der Waals surface area contributed by atoms with Crippen molar-refractivity contribution in [1.82, 2.24) is 10.3 Å². The number of hydrogen-bond acceptors (Lipinski definition) is 7. The molecular weight excluding hydrogens is 389 g/mol. The highest BCUT2D eigenvalue weighted by Gasteiger charge is 2.14. The minimum absolute atomic E-state index is 0.0838. The third-order valence-electron chi connectivity index (χ3n) is 3.33. The molecule has 3 aromatic rings. The molecule has 0 aliphatic carbocycles. The molecule has 0 aliphatic rings. The summed E-state index contributed by atoms with van der Waals surface area (Å²) in [5, 5.41) is 4.41. The topological polar surface area (TPSA) is 111 Å². The van der Waals surface area contributed by atoms with Crippen molar-refractivity contribution in [3.63, 3.8) is 0 Å². The van der Waals surface area contributed by atoms with E-state index >= 15 is 0 Å². The number of nitrogens with zero attached hydrogens (tertiary/aromatic N) is 1. The number of fused-ring (bicyclic) bond motifs is 1. The summed E-state index contributed by atoms with van der Waals surface area (Å²) < 4.78 is 23.6. The minimum atomic E-state index is -0.938. The van der Waals surface area contributed by atoms with Crippen molar-refractivity contribution < 1.29 is 27.9 Å². The predicted molar refractivity (Wildman–Crippen MR) is 99.3 cm³/mol. The van der Waals surface area contributed by atoms with Crippen LogP contribution in [0.25, 0.3) is 11.1 Å². The van der Waals surface area contributed by atoms with E-state index in [-0.39, 0.29) is 11.4 Å². The molecule has 1 aromatic heterocycles. The lowest BCUT2D eigenvalue weighted by molar-refractivity contribution is -0.145. The van der Waals surface area contributed by atoms with Crippen LogP contribution in [0.2, 0.25) is 0 Å². The van der Waals surface area contributed by atoms with Crippen molar-refractivity contribution in [3.05, 3.63) is 54.3 Å². The van der Waals surface area contributed by atoms with Crippen LogP contribution in [0.4, 0.5) is 14.9 Å². The van der Waals surface area contributed by atoms with Crippen LogP contribution in [-0.4, -0.2) is 35.3 Å². The van der Waals surface area contributed by atoms with Crippen molar-refractivity contribution in [2.75, 3.05) is 17.7 Å². The van der Waals surface area contributed by atoms with Gasteiger partial charge in [0, 0.05) is 0 Å². The van der Waals surface area contributed by atoms with E-state index in [1.165, 1.54) is 18.2 Å². The molecule has 144 valence electrons. The molecule has 28 heavy (non-hydrogen) atoms. The third kappa shape index (κ3) is 5.30. The van der Waals surface area contributed by atoms with Crippen LogP contribution in [-0.2, 0) is 14.3 Å².